The van der Waals surface area contributed by atoms with Gasteiger partial charge in [0.05, 0.1) is 0 Å². The molecule has 98 valence electrons. The Morgan fingerprint density at radius 2 is 1.95 bits per heavy atom. The van der Waals surface area contributed by atoms with Crippen LogP contribution in [0.1, 0.15) is 12.0 Å². The fourth-order valence-corrected chi connectivity index (χ4v) is 3.33. The summed E-state index contributed by atoms with van der Waals surface area (Å²) >= 11 is 3.52. The van der Waals surface area contributed by atoms with E-state index in [0.717, 1.165) is 19.5 Å². The first kappa shape index (κ1) is 12.7. The predicted octanol–water partition coefficient (Wildman–Crippen LogP) is 3.38. The van der Waals surface area contributed by atoms with Crippen molar-refractivity contribution in [2.75, 3.05) is 13.1 Å². The number of amides is 1. The van der Waals surface area contributed by atoms with E-state index < -0.39 is 0 Å². The van der Waals surface area contributed by atoms with Crippen molar-refractivity contribution in [1.82, 2.24) is 4.90 Å². The van der Waals surface area contributed by atoms with Gasteiger partial charge in [-0.2, -0.15) is 0 Å². The number of halogens is 1. The Morgan fingerprint density at radius 1 is 1.16 bits per heavy atom. The lowest BCUT2D eigenvalue weighted by molar-refractivity contribution is -0.127. The van der Waals surface area contributed by atoms with Crippen molar-refractivity contribution >= 4 is 32.6 Å². The van der Waals surface area contributed by atoms with E-state index in [-0.39, 0.29) is 5.91 Å². The number of likely N-dealkylation sites (tertiary alicyclic amines) is 1. The molecule has 3 heteroatoms. The van der Waals surface area contributed by atoms with Crippen LogP contribution in [0.3, 0.4) is 0 Å². The van der Waals surface area contributed by atoms with Gasteiger partial charge in [0.1, 0.15) is 0 Å². The van der Waals surface area contributed by atoms with E-state index in [1.54, 1.807) is 0 Å². The number of alkyl halides is 1. The number of nitrogens with zero attached hydrogens (tertiary/aromatic N) is 1. The zero-order valence-electron chi connectivity index (χ0n) is 10.7. The summed E-state index contributed by atoms with van der Waals surface area (Å²) in [4.78, 5) is 14.1. The summed E-state index contributed by atoms with van der Waals surface area (Å²) in [6.07, 6.45) is 1.56. The maximum Gasteiger partial charge on any atom is 0.223 e. The van der Waals surface area contributed by atoms with E-state index in [1.807, 2.05) is 4.90 Å². The molecule has 0 bridgehead atoms. The van der Waals surface area contributed by atoms with Crippen molar-refractivity contribution in [3.63, 3.8) is 0 Å². The van der Waals surface area contributed by atoms with Gasteiger partial charge < -0.3 is 4.90 Å². The van der Waals surface area contributed by atoms with Crippen molar-refractivity contribution in [1.29, 1.82) is 0 Å². The van der Waals surface area contributed by atoms with Crippen LogP contribution in [0.15, 0.2) is 42.5 Å². The highest BCUT2D eigenvalue weighted by atomic mass is 79.9. The molecular weight excluding hydrogens is 302 g/mol. The van der Waals surface area contributed by atoms with E-state index in [0.29, 0.717) is 11.2 Å². The molecule has 3 rings (SSSR count). The number of rotatable bonds is 3. The van der Waals surface area contributed by atoms with Gasteiger partial charge >= 0.3 is 0 Å². The van der Waals surface area contributed by atoms with E-state index in [9.17, 15) is 4.79 Å². The standard InChI is InChI=1S/C16H16BrNO/c17-14-10-16(19)18(11-14)9-8-13-6-3-5-12-4-1-2-7-15(12)13/h1-7,14H,8-11H2. The zero-order valence-corrected chi connectivity index (χ0v) is 12.3. The molecule has 1 unspecified atom stereocenters. The average molecular weight is 318 g/mol. The summed E-state index contributed by atoms with van der Waals surface area (Å²) < 4.78 is 0. The minimum atomic E-state index is 0.266. The Kier molecular flexibility index (Phi) is 3.56. The lowest BCUT2D eigenvalue weighted by Crippen LogP contribution is -2.27. The molecule has 0 spiro atoms. The van der Waals surface area contributed by atoms with Gasteiger partial charge in [0.15, 0.2) is 0 Å². The third kappa shape index (κ3) is 2.66. The van der Waals surface area contributed by atoms with E-state index >= 15 is 0 Å². The number of fused-ring (bicyclic) bond motifs is 1. The van der Waals surface area contributed by atoms with Crippen molar-refractivity contribution in [2.24, 2.45) is 0 Å². The lowest BCUT2D eigenvalue weighted by Gasteiger charge is -2.16. The average Bonchev–Trinajstić information content (AvgIpc) is 2.74. The zero-order chi connectivity index (χ0) is 13.2. The van der Waals surface area contributed by atoms with Gasteiger partial charge in [-0.05, 0) is 22.8 Å². The summed E-state index contributed by atoms with van der Waals surface area (Å²) in [5, 5.41) is 2.57. The summed E-state index contributed by atoms with van der Waals surface area (Å²) in [5.74, 6) is 0.266. The molecule has 1 heterocycles. The van der Waals surface area contributed by atoms with E-state index in [1.165, 1.54) is 16.3 Å². The van der Waals surface area contributed by atoms with Crippen molar-refractivity contribution in [3.05, 3.63) is 48.0 Å². The van der Waals surface area contributed by atoms with Crippen molar-refractivity contribution < 1.29 is 4.79 Å². The molecule has 2 nitrogen and oxygen atoms in total. The van der Waals surface area contributed by atoms with Gasteiger partial charge in [-0.1, -0.05) is 58.4 Å². The maximum atomic E-state index is 11.8. The molecule has 2 aromatic carbocycles. The molecule has 1 aliphatic heterocycles. The summed E-state index contributed by atoms with van der Waals surface area (Å²) in [6, 6.07) is 14.8. The first-order chi connectivity index (χ1) is 9.24. The molecule has 19 heavy (non-hydrogen) atoms. The van der Waals surface area contributed by atoms with Crippen LogP contribution in [-0.4, -0.2) is 28.7 Å². The molecular formula is C16H16BrNO. The normalized spacial score (nSPS) is 19.3. The van der Waals surface area contributed by atoms with E-state index in [2.05, 4.69) is 58.4 Å². The van der Waals surface area contributed by atoms with Crippen LogP contribution in [-0.2, 0) is 11.2 Å². The van der Waals surface area contributed by atoms with Gasteiger partial charge in [-0.25, -0.2) is 0 Å². The number of carbonyl (C=O) groups is 1. The van der Waals surface area contributed by atoms with Crippen LogP contribution in [0.25, 0.3) is 10.8 Å². The summed E-state index contributed by atoms with van der Waals surface area (Å²) in [7, 11) is 0. The molecule has 0 aliphatic carbocycles. The largest absolute Gasteiger partial charge is 0.341 e. The smallest absolute Gasteiger partial charge is 0.223 e. The van der Waals surface area contributed by atoms with Gasteiger partial charge in [-0.3, -0.25) is 4.79 Å². The third-order valence-corrected chi connectivity index (χ3v) is 4.31. The van der Waals surface area contributed by atoms with Crippen LogP contribution in [0.2, 0.25) is 0 Å². The maximum absolute atomic E-state index is 11.8. The van der Waals surface area contributed by atoms with Gasteiger partial charge in [0.25, 0.3) is 0 Å². The molecule has 1 amide bonds. The van der Waals surface area contributed by atoms with Gasteiger partial charge in [0.2, 0.25) is 5.91 Å². The highest BCUT2D eigenvalue weighted by Gasteiger charge is 2.27. The highest BCUT2D eigenvalue weighted by Crippen LogP contribution is 2.21. The SMILES string of the molecule is O=C1CC(Br)CN1CCc1cccc2ccccc12. The number of carbonyl (C=O) groups excluding carboxylic acids is 1. The number of hydrogen-bond acceptors (Lipinski definition) is 1. The second kappa shape index (κ2) is 5.33. The van der Waals surface area contributed by atoms with Crippen LogP contribution in [0, 0.1) is 0 Å². The minimum absolute atomic E-state index is 0.266. The van der Waals surface area contributed by atoms with Crippen molar-refractivity contribution in [3.8, 4) is 0 Å². The third-order valence-electron chi connectivity index (χ3n) is 3.70. The summed E-state index contributed by atoms with van der Waals surface area (Å²) in [6.45, 7) is 1.65. The Bertz CT molecular complexity index is 605. The van der Waals surface area contributed by atoms with Crippen LogP contribution < -0.4 is 0 Å². The number of hydrogen-bond donors (Lipinski definition) is 0. The monoisotopic (exact) mass is 317 g/mol. The molecule has 1 atom stereocenters. The van der Waals surface area contributed by atoms with Crippen LogP contribution in [0.4, 0.5) is 0 Å². The quantitative estimate of drug-likeness (QED) is 0.795. The molecule has 2 aromatic rings. The molecule has 1 saturated heterocycles. The van der Waals surface area contributed by atoms with Crippen molar-refractivity contribution in [2.45, 2.75) is 17.7 Å². The Hall–Kier alpha value is -1.35. The van der Waals surface area contributed by atoms with E-state index in [4.69, 9.17) is 0 Å². The van der Waals surface area contributed by atoms with Crippen LogP contribution >= 0.6 is 15.9 Å². The first-order valence-corrected chi connectivity index (χ1v) is 7.54. The Labute approximate surface area is 121 Å². The minimum Gasteiger partial charge on any atom is -0.341 e. The second-order valence-corrected chi connectivity index (χ2v) is 6.32. The molecule has 0 N–H and O–H groups in total. The second-order valence-electron chi connectivity index (χ2n) is 5.03. The highest BCUT2D eigenvalue weighted by molar-refractivity contribution is 9.09. The Balaban J connectivity index is 1.77. The predicted molar refractivity (Wildman–Crippen MR) is 81.6 cm³/mol. The fourth-order valence-electron chi connectivity index (χ4n) is 2.71. The Morgan fingerprint density at radius 3 is 2.74 bits per heavy atom. The molecule has 0 radical (unpaired) electrons. The van der Waals surface area contributed by atoms with Gasteiger partial charge in [-0.15, -0.1) is 0 Å². The fraction of sp³-hybridized carbons (Fsp3) is 0.312. The number of benzene rings is 2. The summed E-state index contributed by atoms with van der Waals surface area (Å²) in [5.41, 5.74) is 1.32. The molecule has 1 fully saturated rings. The first-order valence-electron chi connectivity index (χ1n) is 6.62. The van der Waals surface area contributed by atoms with Crippen LogP contribution in [0.5, 0.6) is 0 Å². The van der Waals surface area contributed by atoms with Gasteiger partial charge in [0, 0.05) is 24.3 Å². The molecule has 0 aromatic heterocycles. The molecule has 1 aliphatic rings. The topological polar surface area (TPSA) is 20.3 Å². The lowest BCUT2D eigenvalue weighted by atomic mass is 10.0. The molecule has 0 saturated carbocycles.